The normalized spacial score (nSPS) is 11.7. The number of halogens is 2. The molecule has 2 amide bonds. The molecule has 0 saturated carbocycles. The molecule has 0 unspecified atom stereocenters. The summed E-state index contributed by atoms with van der Waals surface area (Å²) in [4.78, 5) is 33.2. The van der Waals surface area contributed by atoms with Gasteiger partial charge in [-0.2, -0.15) is 0 Å². The molecule has 21 heavy (non-hydrogen) atoms. The average molecular weight is 300 g/mol. The quantitative estimate of drug-likeness (QED) is 0.674. The highest BCUT2D eigenvalue weighted by molar-refractivity contribution is 5.87. The van der Waals surface area contributed by atoms with Crippen molar-refractivity contribution >= 4 is 17.8 Å². The SMILES string of the molecule is NC(=O)[C@@H](CCC(=O)O)NC(=O)Cc1ccc(F)cc1F. The highest BCUT2D eigenvalue weighted by Gasteiger charge is 2.20. The van der Waals surface area contributed by atoms with Crippen LogP contribution in [0.25, 0.3) is 0 Å². The molecule has 0 saturated heterocycles. The number of carboxylic acids is 1. The van der Waals surface area contributed by atoms with E-state index in [9.17, 15) is 23.2 Å². The molecule has 6 nitrogen and oxygen atoms in total. The summed E-state index contributed by atoms with van der Waals surface area (Å²) in [6.45, 7) is 0. The molecule has 8 heteroatoms. The zero-order valence-electron chi connectivity index (χ0n) is 10.9. The van der Waals surface area contributed by atoms with Gasteiger partial charge in [-0.3, -0.25) is 14.4 Å². The zero-order valence-corrected chi connectivity index (χ0v) is 10.9. The third kappa shape index (κ3) is 5.55. The Morgan fingerprint density at radius 3 is 2.48 bits per heavy atom. The van der Waals surface area contributed by atoms with Crippen molar-refractivity contribution in [2.75, 3.05) is 0 Å². The molecule has 1 rings (SSSR count). The van der Waals surface area contributed by atoms with Crippen molar-refractivity contribution in [1.29, 1.82) is 0 Å². The summed E-state index contributed by atoms with van der Waals surface area (Å²) in [5.74, 6) is -4.39. The molecule has 1 aromatic carbocycles. The molecule has 1 aromatic rings. The van der Waals surface area contributed by atoms with Crippen LogP contribution in [0.3, 0.4) is 0 Å². The lowest BCUT2D eigenvalue weighted by Crippen LogP contribution is -2.45. The Balaban J connectivity index is 2.65. The summed E-state index contributed by atoms with van der Waals surface area (Å²) in [5.41, 5.74) is 5.00. The van der Waals surface area contributed by atoms with E-state index in [1.807, 2.05) is 0 Å². The Morgan fingerprint density at radius 2 is 1.95 bits per heavy atom. The fraction of sp³-hybridized carbons (Fsp3) is 0.308. The predicted molar refractivity (Wildman–Crippen MR) is 68.1 cm³/mol. The number of benzene rings is 1. The second-order valence-corrected chi connectivity index (χ2v) is 4.37. The van der Waals surface area contributed by atoms with E-state index in [2.05, 4.69) is 5.32 Å². The molecule has 0 aromatic heterocycles. The van der Waals surface area contributed by atoms with Crippen molar-refractivity contribution in [1.82, 2.24) is 5.32 Å². The van der Waals surface area contributed by atoms with E-state index in [0.29, 0.717) is 6.07 Å². The summed E-state index contributed by atoms with van der Waals surface area (Å²) >= 11 is 0. The number of primary amides is 1. The predicted octanol–water partition coefficient (Wildman–Crippen LogP) is 0.342. The molecular weight excluding hydrogens is 286 g/mol. The number of carboxylic acid groups (broad SMARTS) is 1. The van der Waals surface area contributed by atoms with Gasteiger partial charge in [0.15, 0.2) is 0 Å². The Kier molecular flexibility index (Phi) is 5.77. The van der Waals surface area contributed by atoms with Crippen LogP contribution in [0.5, 0.6) is 0 Å². The van der Waals surface area contributed by atoms with Crippen molar-refractivity contribution in [3.63, 3.8) is 0 Å². The van der Waals surface area contributed by atoms with E-state index in [0.717, 1.165) is 12.1 Å². The Morgan fingerprint density at radius 1 is 1.29 bits per heavy atom. The monoisotopic (exact) mass is 300 g/mol. The molecule has 0 aliphatic rings. The lowest BCUT2D eigenvalue weighted by Gasteiger charge is -2.14. The van der Waals surface area contributed by atoms with Gasteiger partial charge in [0.2, 0.25) is 11.8 Å². The van der Waals surface area contributed by atoms with Crippen LogP contribution >= 0.6 is 0 Å². The third-order valence-corrected chi connectivity index (χ3v) is 2.69. The minimum atomic E-state index is -1.16. The Labute approximate surface area is 118 Å². The number of nitrogens with one attached hydrogen (secondary N) is 1. The molecule has 4 N–H and O–H groups in total. The maximum atomic E-state index is 13.4. The molecule has 0 aliphatic carbocycles. The first-order chi connectivity index (χ1) is 9.79. The molecule has 0 bridgehead atoms. The largest absolute Gasteiger partial charge is 0.481 e. The van der Waals surface area contributed by atoms with Gasteiger partial charge in [0.1, 0.15) is 17.7 Å². The number of hydrogen-bond donors (Lipinski definition) is 3. The topological polar surface area (TPSA) is 109 Å². The van der Waals surface area contributed by atoms with Crippen LogP contribution in [0, 0.1) is 11.6 Å². The van der Waals surface area contributed by atoms with Crippen LogP contribution < -0.4 is 11.1 Å². The number of rotatable bonds is 7. The maximum Gasteiger partial charge on any atom is 0.303 e. The van der Waals surface area contributed by atoms with Crippen molar-refractivity contribution in [2.24, 2.45) is 5.73 Å². The minimum absolute atomic E-state index is 0.0460. The number of amides is 2. The Bertz CT molecular complexity index is 563. The summed E-state index contributed by atoms with van der Waals surface area (Å²) in [5, 5.41) is 10.8. The number of hydrogen-bond acceptors (Lipinski definition) is 3. The highest BCUT2D eigenvalue weighted by atomic mass is 19.1. The second kappa shape index (κ2) is 7.32. The van der Waals surface area contributed by atoms with Crippen LogP contribution in [0.1, 0.15) is 18.4 Å². The van der Waals surface area contributed by atoms with E-state index < -0.39 is 41.9 Å². The summed E-state index contributed by atoms with van der Waals surface area (Å²) < 4.78 is 26.1. The second-order valence-electron chi connectivity index (χ2n) is 4.37. The minimum Gasteiger partial charge on any atom is -0.481 e. The van der Waals surface area contributed by atoms with Gasteiger partial charge in [-0.05, 0) is 18.1 Å². The molecule has 0 spiro atoms. The molecule has 0 aliphatic heterocycles. The van der Waals surface area contributed by atoms with Gasteiger partial charge in [0, 0.05) is 12.5 Å². The fourth-order valence-electron chi connectivity index (χ4n) is 1.64. The van der Waals surface area contributed by atoms with E-state index in [1.165, 1.54) is 0 Å². The number of nitrogens with two attached hydrogens (primary N) is 1. The van der Waals surface area contributed by atoms with Gasteiger partial charge < -0.3 is 16.2 Å². The van der Waals surface area contributed by atoms with E-state index in [4.69, 9.17) is 10.8 Å². The van der Waals surface area contributed by atoms with Crippen LogP contribution in [0.4, 0.5) is 8.78 Å². The van der Waals surface area contributed by atoms with Gasteiger partial charge in [-0.15, -0.1) is 0 Å². The third-order valence-electron chi connectivity index (χ3n) is 2.69. The van der Waals surface area contributed by atoms with Crippen molar-refractivity contribution in [3.8, 4) is 0 Å². The fourth-order valence-corrected chi connectivity index (χ4v) is 1.64. The first-order valence-corrected chi connectivity index (χ1v) is 6.04. The first-order valence-electron chi connectivity index (χ1n) is 6.04. The smallest absolute Gasteiger partial charge is 0.303 e. The standard InChI is InChI=1S/C13H14F2N2O4/c14-8-2-1-7(9(15)6-8)5-11(18)17-10(13(16)21)3-4-12(19)20/h1-2,6,10H,3-5H2,(H2,16,21)(H,17,18)(H,19,20)/t10-/m1/s1. The highest BCUT2D eigenvalue weighted by Crippen LogP contribution is 2.10. The van der Waals surface area contributed by atoms with Crippen molar-refractivity contribution in [2.45, 2.75) is 25.3 Å². The number of carbonyl (C=O) groups is 3. The van der Waals surface area contributed by atoms with Crippen LogP contribution in [0.2, 0.25) is 0 Å². The summed E-state index contributed by atoms with van der Waals surface area (Å²) in [6, 6.07) is 1.60. The van der Waals surface area contributed by atoms with Crippen molar-refractivity contribution in [3.05, 3.63) is 35.4 Å². The van der Waals surface area contributed by atoms with Crippen LogP contribution in [0.15, 0.2) is 18.2 Å². The zero-order chi connectivity index (χ0) is 16.0. The van der Waals surface area contributed by atoms with Gasteiger partial charge in [0.25, 0.3) is 0 Å². The molecule has 114 valence electrons. The summed E-state index contributed by atoms with van der Waals surface area (Å²) in [6.07, 6.45) is -0.927. The maximum absolute atomic E-state index is 13.4. The van der Waals surface area contributed by atoms with Gasteiger partial charge in [0.05, 0.1) is 6.42 Å². The van der Waals surface area contributed by atoms with Gasteiger partial charge in [-0.25, -0.2) is 8.78 Å². The van der Waals surface area contributed by atoms with Gasteiger partial charge >= 0.3 is 5.97 Å². The number of aliphatic carboxylic acids is 1. The molecule has 1 atom stereocenters. The Hall–Kier alpha value is -2.51. The van der Waals surface area contributed by atoms with Crippen molar-refractivity contribution < 1.29 is 28.3 Å². The molecular formula is C13H14F2N2O4. The van der Waals surface area contributed by atoms with Crippen LogP contribution in [-0.4, -0.2) is 28.9 Å². The molecule has 0 heterocycles. The van der Waals surface area contributed by atoms with Crippen LogP contribution in [-0.2, 0) is 20.8 Å². The lowest BCUT2D eigenvalue weighted by molar-refractivity contribution is -0.137. The number of carbonyl (C=O) groups excluding carboxylic acids is 2. The van der Waals surface area contributed by atoms with E-state index in [1.54, 1.807) is 0 Å². The first kappa shape index (κ1) is 16.5. The van der Waals surface area contributed by atoms with E-state index >= 15 is 0 Å². The van der Waals surface area contributed by atoms with E-state index in [-0.39, 0.29) is 18.4 Å². The summed E-state index contributed by atoms with van der Waals surface area (Å²) in [7, 11) is 0. The average Bonchev–Trinajstić information content (AvgIpc) is 2.37. The lowest BCUT2D eigenvalue weighted by atomic mass is 10.1. The molecule has 0 radical (unpaired) electrons. The van der Waals surface area contributed by atoms with Gasteiger partial charge in [-0.1, -0.05) is 6.07 Å². The molecule has 0 fully saturated rings.